The number of rotatable bonds is 7. The first-order valence-corrected chi connectivity index (χ1v) is 11.8. The summed E-state index contributed by atoms with van der Waals surface area (Å²) in [6.45, 7) is 3.33. The molecule has 0 spiro atoms. The van der Waals surface area contributed by atoms with Crippen molar-refractivity contribution in [1.82, 2.24) is 14.9 Å². The highest BCUT2D eigenvalue weighted by Gasteiger charge is 2.37. The molecule has 5 rings (SSSR count). The highest BCUT2D eigenvalue weighted by molar-refractivity contribution is 5.95. The first kappa shape index (κ1) is 21.7. The highest BCUT2D eigenvalue weighted by Crippen LogP contribution is 2.35. The van der Waals surface area contributed by atoms with Crippen LogP contribution in [0.1, 0.15) is 42.3 Å². The van der Waals surface area contributed by atoms with E-state index in [2.05, 4.69) is 45.2 Å². The number of aromatic nitrogens is 2. The maximum absolute atomic E-state index is 13.4. The number of benzene rings is 2. The molecule has 170 valence electrons. The molecule has 2 aliphatic heterocycles. The van der Waals surface area contributed by atoms with E-state index >= 15 is 0 Å². The molecule has 3 aromatic rings. The van der Waals surface area contributed by atoms with Crippen molar-refractivity contribution in [3.05, 3.63) is 95.8 Å². The van der Waals surface area contributed by atoms with Gasteiger partial charge in [0.25, 0.3) is 0 Å². The maximum Gasteiger partial charge on any atom is 0.217 e. The van der Waals surface area contributed by atoms with Crippen molar-refractivity contribution in [1.29, 1.82) is 0 Å². The van der Waals surface area contributed by atoms with E-state index in [0.717, 1.165) is 50.9 Å². The predicted molar refractivity (Wildman–Crippen MR) is 127 cm³/mol. The van der Waals surface area contributed by atoms with Crippen LogP contribution in [0, 0.1) is 11.7 Å². The number of aliphatic imine (C=N–C) groups is 1. The molecule has 0 saturated carbocycles. The number of hydrogen-bond donors (Lipinski definition) is 0. The van der Waals surface area contributed by atoms with Crippen molar-refractivity contribution in [3.63, 3.8) is 0 Å². The molecule has 0 amide bonds. The predicted octanol–water partition coefficient (Wildman–Crippen LogP) is 4.85. The molecule has 2 aliphatic rings. The molecule has 5 nitrogen and oxygen atoms in total. The number of likely N-dealkylation sites (tertiary alicyclic amines) is 1. The molecule has 2 aromatic carbocycles. The lowest BCUT2D eigenvalue weighted by Gasteiger charge is -2.33. The molecular formula is C27H29FN4O. The third-order valence-electron chi connectivity index (χ3n) is 6.65. The molecule has 1 aromatic heterocycles. The van der Waals surface area contributed by atoms with E-state index < -0.39 is 0 Å². The van der Waals surface area contributed by atoms with Gasteiger partial charge in [0, 0.05) is 24.5 Å². The van der Waals surface area contributed by atoms with Crippen LogP contribution in [0.25, 0.3) is 0 Å². The molecule has 1 saturated heterocycles. The van der Waals surface area contributed by atoms with Crippen molar-refractivity contribution in [2.75, 3.05) is 19.6 Å². The zero-order valence-corrected chi connectivity index (χ0v) is 18.7. The van der Waals surface area contributed by atoms with Gasteiger partial charge in [-0.2, -0.15) is 0 Å². The van der Waals surface area contributed by atoms with Gasteiger partial charge in [-0.3, -0.25) is 0 Å². The van der Waals surface area contributed by atoms with Crippen molar-refractivity contribution in [3.8, 4) is 0 Å². The SMILES string of the molecule is Fc1ccc(C2=NC(c3ncccn3)C(CC3CCN(CCc4ccccc4)CC3)O2)cc1. The summed E-state index contributed by atoms with van der Waals surface area (Å²) in [6, 6.07) is 18.6. The van der Waals surface area contributed by atoms with Crippen LogP contribution in [-0.4, -0.2) is 46.5 Å². The van der Waals surface area contributed by atoms with Gasteiger partial charge in [0.15, 0.2) is 11.9 Å². The fraction of sp³-hybridized carbons (Fsp3) is 0.370. The number of nitrogens with zero attached hydrogens (tertiary/aromatic N) is 4. The summed E-state index contributed by atoms with van der Waals surface area (Å²) in [5, 5.41) is 0. The van der Waals surface area contributed by atoms with Gasteiger partial charge < -0.3 is 9.64 Å². The highest BCUT2D eigenvalue weighted by atomic mass is 19.1. The lowest BCUT2D eigenvalue weighted by Crippen LogP contribution is -2.36. The Morgan fingerprint density at radius 2 is 1.64 bits per heavy atom. The van der Waals surface area contributed by atoms with Gasteiger partial charge in [-0.15, -0.1) is 0 Å². The molecular weight excluding hydrogens is 415 g/mol. The molecule has 2 unspecified atom stereocenters. The zero-order chi connectivity index (χ0) is 22.5. The Balaban J connectivity index is 1.21. The Morgan fingerprint density at radius 1 is 0.909 bits per heavy atom. The standard InChI is InChI=1S/C27H29FN4O/c28-23-9-7-22(8-10-23)27-31-25(26-29-14-4-15-30-26)24(33-27)19-21-12-17-32(18-13-21)16-11-20-5-2-1-3-6-20/h1-10,14-15,21,24-25H,11-13,16-19H2. The minimum absolute atomic E-state index is 0.103. The van der Waals surface area contributed by atoms with E-state index in [1.165, 1.54) is 17.7 Å². The zero-order valence-electron chi connectivity index (χ0n) is 18.7. The summed E-state index contributed by atoms with van der Waals surface area (Å²) in [7, 11) is 0. The summed E-state index contributed by atoms with van der Waals surface area (Å²) >= 11 is 0. The van der Waals surface area contributed by atoms with E-state index in [-0.39, 0.29) is 18.0 Å². The van der Waals surface area contributed by atoms with Crippen LogP contribution in [0.3, 0.4) is 0 Å². The summed E-state index contributed by atoms with van der Waals surface area (Å²) in [6.07, 6.45) is 7.72. The van der Waals surface area contributed by atoms with Crippen LogP contribution in [0.5, 0.6) is 0 Å². The lowest BCUT2D eigenvalue weighted by molar-refractivity contribution is 0.116. The van der Waals surface area contributed by atoms with Crippen LogP contribution in [-0.2, 0) is 11.2 Å². The fourth-order valence-electron chi connectivity index (χ4n) is 4.75. The van der Waals surface area contributed by atoms with Crippen molar-refractivity contribution in [2.24, 2.45) is 10.9 Å². The lowest BCUT2D eigenvalue weighted by atomic mass is 9.89. The van der Waals surface area contributed by atoms with Crippen LogP contribution in [0.2, 0.25) is 0 Å². The summed E-state index contributed by atoms with van der Waals surface area (Å²) < 4.78 is 19.7. The van der Waals surface area contributed by atoms with Gasteiger partial charge in [0.1, 0.15) is 11.9 Å². The molecule has 1 fully saturated rings. The molecule has 0 aliphatic carbocycles. The summed E-state index contributed by atoms with van der Waals surface area (Å²) in [5.41, 5.74) is 2.19. The minimum Gasteiger partial charge on any atom is -0.471 e. The third kappa shape index (κ3) is 5.45. The van der Waals surface area contributed by atoms with Crippen molar-refractivity contribution >= 4 is 5.90 Å². The van der Waals surface area contributed by atoms with Gasteiger partial charge in [0.2, 0.25) is 5.90 Å². The van der Waals surface area contributed by atoms with Gasteiger partial charge in [-0.25, -0.2) is 19.4 Å². The number of halogens is 1. The van der Waals surface area contributed by atoms with Crippen molar-refractivity contribution in [2.45, 2.75) is 37.8 Å². The average molecular weight is 445 g/mol. The van der Waals surface area contributed by atoms with Gasteiger partial charge in [-0.05, 0) is 80.6 Å². The van der Waals surface area contributed by atoms with Crippen LogP contribution in [0.15, 0.2) is 78.0 Å². The Bertz CT molecular complexity index is 1050. The maximum atomic E-state index is 13.4. The first-order chi connectivity index (χ1) is 16.2. The Hall–Kier alpha value is -3.12. The summed E-state index contributed by atoms with van der Waals surface area (Å²) in [5.74, 6) is 1.55. The van der Waals surface area contributed by atoms with E-state index in [4.69, 9.17) is 9.73 Å². The number of hydrogen-bond acceptors (Lipinski definition) is 5. The monoisotopic (exact) mass is 444 g/mol. The van der Waals surface area contributed by atoms with E-state index in [1.54, 1.807) is 24.5 Å². The van der Waals surface area contributed by atoms with Crippen molar-refractivity contribution < 1.29 is 9.13 Å². The fourth-order valence-corrected chi connectivity index (χ4v) is 4.75. The van der Waals surface area contributed by atoms with Crippen LogP contribution >= 0.6 is 0 Å². The van der Waals surface area contributed by atoms with Crippen LogP contribution < -0.4 is 0 Å². The second kappa shape index (κ2) is 10.2. The molecule has 33 heavy (non-hydrogen) atoms. The summed E-state index contributed by atoms with van der Waals surface area (Å²) in [4.78, 5) is 16.3. The average Bonchev–Trinajstić information content (AvgIpc) is 3.29. The number of piperidine rings is 1. The third-order valence-corrected chi connectivity index (χ3v) is 6.65. The molecule has 0 N–H and O–H groups in total. The van der Waals surface area contributed by atoms with E-state index in [9.17, 15) is 4.39 Å². The van der Waals surface area contributed by atoms with Gasteiger partial charge in [-0.1, -0.05) is 30.3 Å². The molecule has 6 heteroatoms. The van der Waals surface area contributed by atoms with Gasteiger partial charge in [0.05, 0.1) is 0 Å². The molecule has 2 atom stereocenters. The van der Waals surface area contributed by atoms with E-state index in [1.807, 2.05) is 6.07 Å². The Kier molecular flexibility index (Phi) is 6.72. The molecule has 3 heterocycles. The quantitative estimate of drug-likeness (QED) is 0.523. The van der Waals surface area contributed by atoms with Crippen LogP contribution in [0.4, 0.5) is 4.39 Å². The largest absolute Gasteiger partial charge is 0.471 e. The Morgan fingerprint density at radius 3 is 2.36 bits per heavy atom. The van der Waals surface area contributed by atoms with Gasteiger partial charge >= 0.3 is 0 Å². The van der Waals surface area contributed by atoms with E-state index in [0.29, 0.717) is 17.6 Å². The topological polar surface area (TPSA) is 50.6 Å². The smallest absolute Gasteiger partial charge is 0.217 e. The number of ether oxygens (including phenoxy) is 1. The molecule has 0 radical (unpaired) electrons. The first-order valence-electron chi connectivity index (χ1n) is 11.8. The normalized spacial score (nSPS) is 21.5. The second-order valence-corrected chi connectivity index (χ2v) is 8.91. The second-order valence-electron chi connectivity index (χ2n) is 8.91. The minimum atomic E-state index is -0.268. The Labute approximate surface area is 194 Å². The molecule has 0 bridgehead atoms.